The van der Waals surface area contributed by atoms with Gasteiger partial charge in [-0.25, -0.2) is 4.68 Å². The average Bonchev–Trinajstić information content (AvgIpc) is 2.90. The third kappa shape index (κ3) is 1.96. The van der Waals surface area contributed by atoms with Crippen molar-refractivity contribution in [1.82, 2.24) is 15.0 Å². The van der Waals surface area contributed by atoms with Crippen molar-refractivity contribution in [3.63, 3.8) is 0 Å². The predicted octanol–water partition coefficient (Wildman–Crippen LogP) is 2.17. The smallest absolute Gasteiger partial charge is 0.172 e. The number of amidine groups is 1. The van der Waals surface area contributed by atoms with Gasteiger partial charge in [-0.05, 0) is 30.3 Å². The molecule has 0 bridgehead atoms. The Kier molecular flexibility index (Phi) is 3.00. The normalized spacial score (nSPS) is 11.9. The Balaban J connectivity index is 2.29. The van der Waals surface area contributed by atoms with E-state index in [9.17, 15) is 0 Å². The van der Waals surface area contributed by atoms with Gasteiger partial charge in [0.15, 0.2) is 5.84 Å². The standard InChI is InChI=1S/C13H10ClN5O/c14-8-5-6-11(9(7-8)13(15)17-20)19-12-4-2-1-3-10(12)16-18-19/h1-7,20H,(H2,15,17). The SMILES string of the molecule is NC(=NO)c1cc(Cl)ccc1-n1nnc2ccccc21. The Morgan fingerprint density at radius 1 is 1.25 bits per heavy atom. The first kappa shape index (κ1) is 12.4. The lowest BCUT2D eigenvalue weighted by Gasteiger charge is -2.09. The molecule has 6 nitrogen and oxygen atoms in total. The van der Waals surface area contributed by atoms with Crippen LogP contribution in [0.25, 0.3) is 16.7 Å². The molecule has 1 heterocycles. The molecular formula is C13H10ClN5O. The molecule has 3 rings (SSSR count). The van der Waals surface area contributed by atoms with E-state index in [0.717, 1.165) is 11.0 Å². The van der Waals surface area contributed by atoms with Crippen molar-refractivity contribution in [3.8, 4) is 5.69 Å². The molecule has 2 aromatic carbocycles. The fourth-order valence-electron chi connectivity index (χ4n) is 2.00. The summed E-state index contributed by atoms with van der Waals surface area (Å²) >= 11 is 5.96. The van der Waals surface area contributed by atoms with E-state index < -0.39 is 0 Å². The highest BCUT2D eigenvalue weighted by Gasteiger charge is 2.13. The Morgan fingerprint density at radius 3 is 2.85 bits per heavy atom. The van der Waals surface area contributed by atoms with E-state index in [2.05, 4.69) is 15.5 Å². The quantitative estimate of drug-likeness (QED) is 0.327. The summed E-state index contributed by atoms with van der Waals surface area (Å²) in [6.07, 6.45) is 0. The number of para-hydroxylation sites is 1. The van der Waals surface area contributed by atoms with E-state index >= 15 is 0 Å². The maximum atomic E-state index is 8.89. The number of hydrogen-bond donors (Lipinski definition) is 2. The van der Waals surface area contributed by atoms with Gasteiger partial charge in [0.2, 0.25) is 0 Å². The van der Waals surface area contributed by atoms with Crippen LogP contribution in [0.1, 0.15) is 5.56 Å². The van der Waals surface area contributed by atoms with Gasteiger partial charge in [0.25, 0.3) is 0 Å². The predicted molar refractivity (Wildman–Crippen MR) is 76.4 cm³/mol. The topological polar surface area (TPSA) is 89.3 Å². The van der Waals surface area contributed by atoms with Crippen LogP contribution in [-0.2, 0) is 0 Å². The van der Waals surface area contributed by atoms with Crippen LogP contribution in [-0.4, -0.2) is 26.0 Å². The van der Waals surface area contributed by atoms with Crippen LogP contribution in [0.5, 0.6) is 0 Å². The zero-order valence-electron chi connectivity index (χ0n) is 10.2. The van der Waals surface area contributed by atoms with E-state index in [1.54, 1.807) is 22.9 Å². The van der Waals surface area contributed by atoms with E-state index in [1.807, 2.05) is 24.3 Å². The second-order valence-corrected chi connectivity index (χ2v) is 4.57. The molecule has 0 fully saturated rings. The third-order valence-corrected chi connectivity index (χ3v) is 3.16. The van der Waals surface area contributed by atoms with Crippen molar-refractivity contribution < 1.29 is 5.21 Å². The fraction of sp³-hybridized carbons (Fsp3) is 0. The summed E-state index contributed by atoms with van der Waals surface area (Å²) in [5.74, 6) is -0.0397. The molecule has 3 N–H and O–H groups in total. The third-order valence-electron chi connectivity index (χ3n) is 2.92. The number of benzene rings is 2. The molecule has 0 spiro atoms. The molecule has 20 heavy (non-hydrogen) atoms. The second-order valence-electron chi connectivity index (χ2n) is 4.14. The van der Waals surface area contributed by atoms with Crippen molar-refractivity contribution >= 4 is 28.5 Å². The summed E-state index contributed by atoms with van der Waals surface area (Å²) in [5.41, 5.74) is 8.39. The van der Waals surface area contributed by atoms with Gasteiger partial charge < -0.3 is 10.9 Å². The van der Waals surface area contributed by atoms with Gasteiger partial charge in [0.1, 0.15) is 5.52 Å². The summed E-state index contributed by atoms with van der Waals surface area (Å²) in [6.45, 7) is 0. The summed E-state index contributed by atoms with van der Waals surface area (Å²) in [4.78, 5) is 0. The van der Waals surface area contributed by atoms with E-state index in [0.29, 0.717) is 16.3 Å². The van der Waals surface area contributed by atoms with Crippen LogP contribution in [0.2, 0.25) is 5.02 Å². The highest BCUT2D eigenvalue weighted by molar-refractivity contribution is 6.31. The largest absolute Gasteiger partial charge is 0.409 e. The molecule has 100 valence electrons. The molecule has 0 saturated carbocycles. The molecular weight excluding hydrogens is 278 g/mol. The molecule has 0 unspecified atom stereocenters. The average molecular weight is 288 g/mol. The summed E-state index contributed by atoms with van der Waals surface area (Å²) < 4.78 is 1.62. The molecule has 1 aromatic heterocycles. The number of oxime groups is 1. The first-order chi connectivity index (χ1) is 9.70. The van der Waals surface area contributed by atoms with E-state index in [1.165, 1.54) is 0 Å². The molecule has 0 amide bonds. The van der Waals surface area contributed by atoms with Crippen LogP contribution in [0.4, 0.5) is 0 Å². The van der Waals surface area contributed by atoms with Gasteiger partial charge in [-0.2, -0.15) is 0 Å². The Bertz CT molecular complexity index is 811. The molecule has 0 aliphatic rings. The first-order valence-electron chi connectivity index (χ1n) is 5.79. The van der Waals surface area contributed by atoms with Crippen LogP contribution in [0, 0.1) is 0 Å². The highest BCUT2D eigenvalue weighted by atomic mass is 35.5. The van der Waals surface area contributed by atoms with Crippen LogP contribution >= 0.6 is 11.6 Å². The van der Waals surface area contributed by atoms with Gasteiger partial charge >= 0.3 is 0 Å². The van der Waals surface area contributed by atoms with Crippen molar-refractivity contribution in [3.05, 3.63) is 53.1 Å². The van der Waals surface area contributed by atoms with Gasteiger partial charge in [-0.15, -0.1) is 5.10 Å². The lowest BCUT2D eigenvalue weighted by molar-refractivity contribution is 0.318. The van der Waals surface area contributed by atoms with Crippen LogP contribution < -0.4 is 5.73 Å². The minimum absolute atomic E-state index is 0.0397. The Hall–Kier alpha value is -2.60. The first-order valence-corrected chi connectivity index (χ1v) is 6.17. The molecule has 0 aliphatic heterocycles. The molecule has 3 aromatic rings. The van der Waals surface area contributed by atoms with Crippen LogP contribution in [0.15, 0.2) is 47.6 Å². The maximum Gasteiger partial charge on any atom is 0.172 e. The number of fused-ring (bicyclic) bond motifs is 1. The summed E-state index contributed by atoms with van der Waals surface area (Å²) in [5, 5.41) is 20.6. The van der Waals surface area contributed by atoms with Gasteiger partial charge in [-0.1, -0.05) is 34.1 Å². The van der Waals surface area contributed by atoms with Gasteiger partial charge in [-0.3, -0.25) is 0 Å². The number of hydrogen-bond acceptors (Lipinski definition) is 4. The van der Waals surface area contributed by atoms with Crippen molar-refractivity contribution in [2.45, 2.75) is 0 Å². The lowest BCUT2D eigenvalue weighted by Crippen LogP contribution is -2.16. The van der Waals surface area contributed by atoms with Crippen molar-refractivity contribution in [2.24, 2.45) is 10.9 Å². The van der Waals surface area contributed by atoms with Crippen molar-refractivity contribution in [1.29, 1.82) is 0 Å². The molecule has 0 radical (unpaired) electrons. The van der Waals surface area contributed by atoms with E-state index in [4.69, 9.17) is 22.5 Å². The summed E-state index contributed by atoms with van der Waals surface area (Å²) in [6, 6.07) is 12.6. The number of aromatic nitrogens is 3. The fourth-order valence-corrected chi connectivity index (χ4v) is 2.17. The monoisotopic (exact) mass is 287 g/mol. The van der Waals surface area contributed by atoms with Crippen molar-refractivity contribution in [2.75, 3.05) is 0 Å². The maximum absolute atomic E-state index is 8.89. The number of nitrogens with two attached hydrogens (primary N) is 1. The minimum atomic E-state index is -0.0397. The number of rotatable bonds is 2. The molecule has 0 saturated heterocycles. The molecule has 7 heteroatoms. The highest BCUT2D eigenvalue weighted by Crippen LogP contribution is 2.22. The van der Waals surface area contributed by atoms with E-state index in [-0.39, 0.29) is 5.84 Å². The Labute approximate surface area is 119 Å². The summed E-state index contributed by atoms with van der Waals surface area (Å²) in [7, 11) is 0. The molecule has 0 atom stereocenters. The lowest BCUT2D eigenvalue weighted by atomic mass is 10.1. The number of halogens is 1. The van der Waals surface area contributed by atoms with Gasteiger partial charge in [0.05, 0.1) is 11.2 Å². The second kappa shape index (κ2) is 4.82. The van der Waals surface area contributed by atoms with Gasteiger partial charge in [0, 0.05) is 10.6 Å². The number of nitrogens with zero attached hydrogens (tertiary/aromatic N) is 4. The minimum Gasteiger partial charge on any atom is -0.409 e. The zero-order valence-corrected chi connectivity index (χ0v) is 11.0. The molecule has 0 aliphatic carbocycles. The Morgan fingerprint density at radius 2 is 2.05 bits per heavy atom. The zero-order chi connectivity index (χ0) is 14.1. The van der Waals surface area contributed by atoms with Crippen LogP contribution in [0.3, 0.4) is 0 Å².